The highest BCUT2D eigenvalue weighted by atomic mass is 19.1. The number of nitro groups is 1. The molecule has 0 bridgehead atoms. The topological polar surface area (TPSA) is 85.2 Å². The smallest absolute Gasteiger partial charge is 0.286 e. The number of nitro benzene ring substituents is 1. The van der Waals surface area contributed by atoms with Gasteiger partial charge >= 0.3 is 0 Å². The van der Waals surface area contributed by atoms with Gasteiger partial charge in [-0.25, -0.2) is 4.39 Å². The van der Waals surface area contributed by atoms with Gasteiger partial charge in [0.05, 0.1) is 25.2 Å². The van der Waals surface area contributed by atoms with E-state index < -0.39 is 10.8 Å². The second-order valence-corrected chi connectivity index (χ2v) is 6.99. The van der Waals surface area contributed by atoms with Gasteiger partial charge in [0.25, 0.3) is 11.6 Å². The van der Waals surface area contributed by atoms with Crippen molar-refractivity contribution < 1.29 is 23.6 Å². The van der Waals surface area contributed by atoms with Crippen LogP contribution >= 0.6 is 0 Å². The van der Waals surface area contributed by atoms with Crippen molar-refractivity contribution in [1.29, 1.82) is 0 Å². The van der Waals surface area contributed by atoms with Crippen molar-refractivity contribution in [2.75, 3.05) is 40.4 Å². The molecule has 0 aliphatic carbocycles. The molecule has 2 aromatic carbocycles. The average Bonchev–Trinajstić information content (AvgIpc) is 2.99. The average molecular weight is 417 g/mol. The van der Waals surface area contributed by atoms with Crippen LogP contribution in [0, 0.1) is 15.9 Å². The number of nitrogens with zero attached hydrogens (tertiary/aromatic N) is 3. The Hall–Kier alpha value is -3.20. The maximum absolute atomic E-state index is 13.9. The lowest BCUT2D eigenvalue weighted by atomic mass is 10.1. The lowest BCUT2D eigenvalue weighted by Gasteiger charge is -2.22. The third kappa shape index (κ3) is 4.68. The normalized spacial score (nSPS) is 14.8. The Morgan fingerprint density at radius 1 is 1.10 bits per heavy atom. The van der Waals surface area contributed by atoms with E-state index >= 15 is 0 Å². The first-order valence-corrected chi connectivity index (χ1v) is 9.60. The molecule has 0 aromatic heterocycles. The van der Waals surface area contributed by atoms with Crippen LogP contribution in [0.5, 0.6) is 11.5 Å². The highest BCUT2D eigenvalue weighted by molar-refractivity contribution is 5.99. The summed E-state index contributed by atoms with van der Waals surface area (Å²) in [4.78, 5) is 27.7. The summed E-state index contributed by atoms with van der Waals surface area (Å²) in [6, 6.07) is 9.17. The summed E-state index contributed by atoms with van der Waals surface area (Å²) in [5.41, 5.74) is 0.234. The van der Waals surface area contributed by atoms with Crippen molar-refractivity contribution in [3.8, 4) is 11.5 Å². The Balaban J connectivity index is 1.77. The molecular weight excluding hydrogens is 393 g/mol. The molecule has 30 heavy (non-hydrogen) atoms. The fraction of sp³-hybridized carbons (Fsp3) is 0.381. The summed E-state index contributed by atoms with van der Waals surface area (Å²) >= 11 is 0. The third-order valence-electron chi connectivity index (χ3n) is 5.16. The summed E-state index contributed by atoms with van der Waals surface area (Å²) in [5, 5.41) is 11.5. The number of ether oxygens (including phenoxy) is 2. The lowest BCUT2D eigenvalue weighted by molar-refractivity contribution is -0.385. The first-order valence-electron chi connectivity index (χ1n) is 9.60. The predicted molar refractivity (Wildman–Crippen MR) is 108 cm³/mol. The number of rotatable bonds is 6. The first-order chi connectivity index (χ1) is 14.4. The number of benzene rings is 2. The molecule has 160 valence electrons. The van der Waals surface area contributed by atoms with E-state index in [4.69, 9.17) is 9.47 Å². The van der Waals surface area contributed by atoms with Gasteiger partial charge in [-0.05, 0) is 12.5 Å². The Kier molecular flexibility index (Phi) is 6.83. The van der Waals surface area contributed by atoms with Crippen LogP contribution in [0.15, 0.2) is 36.4 Å². The Bertz CT molecular complexity index is 937. The summed E-state index contributed by atoms with van der Waals surface area (Å²) in [7, 11) is 2.78. The summed E-state index contributed by atoms with van der Waals surface area (Å²) in [5.74, 6) is -0.249. The van der Waals surface area contributed by atoms with Gasteiger partial charge in [-0.15, -0.1) is 0 Å². The molecule has 8 nitrogen and oxygen atoms in total. The molecule has 9 heteroatoms. The van der Waals surface area contributed by atoms with Gasteiger partial charge in [-0.2, -0.15) is 0 Å². The molecule has 0 unspecified atom stereocenters. The highest BCUT2D eigenvalue weighted by Crippen LogP contribution is 2.35. The van der Waals surface area contributed by atoms with E-state index in [1.54, 1.807) is 23.1 Å². The van der Waals surface area contributed by atoms with Gasteiger partial charge in [0, 0.05) is 44.4 Å². The molecule has 0 atom stereocenters. The van der Waals surface area contributed by atoms with E-state index in [-0.39, 0.29) is 28.6 Å². The largest absolute Gasteiger partial charge is 0.493 e. The zero-order valence-corrected chi connectivity index (χ0v) is 17.0. The van der Waals surface area contributed by atoms with Crippen molar-refractivity contribution >= 4 is 11.6 Å². The Morgan fingerprint density at radius 2 is 1.80 bits per heavy atom. The molecule has 1 aliphatic rings. The van der Waals surface area contributed by atoms with Crippen LogP contribution in [0.25, 0.3) is 0 Å². The minimum absolute atomic E-state index is 0.0415. The van der Waals surface area contributed by atoms with E-state index in [1.807, 2.05) is 0 Å². The molecule has 1 aliphatic heterocycles. The molecule has 0 N–H and O–H groups in total. The minimum Gasteiger partial charge on any atom is -0.493 e. The fourth-order valence-corrected chi connectivity index (χ4v) is 3.56. The molecule has 1 amide bonds. The van der Waals surface area contributed by atoms with Gasteiger partial charge in [-0.3, -0.25) is 19.8 Å². The minimum atomic E-state index is -0.600. The highest BCUT2D eigenvalue weighted by Gasteiger charge is 2.29. The summed E-state index contributed by atoms with van der Waals surface area (Å²) < 4.78 is 24.3. The van der Waals surface area contributed by atoms with E-state index in [1.165, 1.54) is 32.4 Å². The van der Waals surface area contributed by atoms with Gasteiger partial charge in [0.15, 0.2) is 11.5 Å². The van der Waals surface area contributed by atoms with E-state index in [0.29, 0.717) is 44.7 Å². The molecule has 1 saturated heterocycles. The van der Waals surface area contributed by atoms with Crippen LogP contribution in [-0.2, 0) is 6.54 Å². The number of carbonyl (C=O) groups excluding carboxylic acids is 1. The second kappa shape index (κ2) is 9.53. The SMILES string of the molecule is COc1cc(C(=O)N2CCCN(Cc3ccccc3F)CC2)c([N+](=O)[O-])cc1OC. The molecular formula is C21H24FN3O5. The van der Waals surface area contributed by atoms with E-state index in [2.05, 4.69) is 4.90 Å². The molecule has 0 radical (unpaired) electrons. The van der Waals surface area contributed by atoms with Crippen LogP contribution in [-0.4, -0.2) is 61.0 Å². The van der Waals surface area contributed by atoms with Crippen molar-refractivity contribution in [3.63, 3.8) is 0 Å². The maximum atomic E-state index is 13.9. The van der Waals surface area contributed by atoms with Crippen LogP contribution in [0.1, 0.15) is 22.3 Å². The first kappa shape index (κ1) is 21.5. The number of hydrogen-bond acceptors (Lipinski definition) is 6. The van der Waals surface area contributed by atoms with Crippen molar-refractivity contribution in [3.05, 3.63) is 63.5 Å². The van der Waals surface area contributed by atoms with E-state index in [0.717, 1.165) is 0 Å². The molecule has 0 saturated carbocycles. The number of carbonyl (C=O) groups is 1. The Labute approximate surface area is 173 Å². The van der Waals surface area contributed by atoms with Crippen molar-refractivity contribution in [1.82, 2.24) is 9.80 Å². The van der Waals surface area contributed by atoms with Crippen LogP contribution < -0.4 is 9.47 Å². The van der Waals surface area contributed by atoms with Crippen LogP contribution in [0.4, 0.5) is 10.1 Å². The van der Waals surface area contributed by atoms with Crippen molar-refractivity contribution in [2.45, 2.75) is 13.0 Å². The van der Waals surface area contributed by atoms with Crippen LogP contribution in [0.2, 0.25) is 0 Å². The molecule has 0 spiro atoms. The molecule has 1 heterocycles. The number of methoxy groups -OCH3 is 2. The maximum Gasteiger partial charge on any atom is 0.286 e. The predicted octanol–water partition coefficient (Wildman–Crippen LogP) is 3.10. The van der Waals surface area contributed by atoms with Gasteiger partial charge in [0.2, 0.25) is 0 Å². The number of amides is 1. The van der Waals surface area contributed by atoms with Gasteiger partial charge < -0.3 is 14.4 Å². The third-order valence-corrected chi connectivity index (χ3v) is 5.16. The van der Waals surface area contributed by atoms with E-state index in [9.17, 15) is 19.3 Å². The molecule has 1 fully saturated rings. The molecule has 3 rings (SSSR count). The molecule has 2 aromatic rings. The lowest BCUT2D eigenvalue weighted by Crippen LogP contribution is -2.35. The summed E-state index contributed by atoms with van der Waals surface area (Å²) in [6.45, 7) is 2.54. The van der Waals surface area contributed by atoms with Crippen molar-refractivity contribution in [2.24, 2.45) is 0 Å². The van der Waals surface area contributed by atoms with Gasteiger partial charge in [-0.1, -0.05) is 18.2 Å². The quantitative estimate of drug-likeness (QED) is 0.530. The van der Waals surface area contributed by atoms with Crippen LogP contribution in [0.3, 0.4) is 0 Å². The zero-order valence-electron chi connectivity index (χ0n) is 17.0. The summed E-state index contributed by atoms with van der Waals surface area (Å²) in [6.07, 6.45) is 0.682. The standard InChI is InChI=1S/C21H24FN3O5/c1-29-19-12-16(18(25(27)28)13-20(19)30-2)21(26)24-9-5-8-23(10-11-24)14-15-6-3-4-7-17(15)22/h3-4,6-7,12-13H,5,8-11,14H2,1-2H3. The second-order valence-electron chi connectivity index (χ2n) is 6.99. The Morgan fingerprint density at radius 3 is 2.47 bits per heavy atom. The number of hydrogen-bond donors (Lipinski definition) is 0. The zero-order chi connectivity index (χ0) is 21.7. The number of halogens is 1. The monoisotopic (exact) mass is 417 g/mol. The fourth-order valence-electron chi connectivity index (χ4n) is 3.56. The van der Waals surface area contributed by atoms with Gasteiger partial charge in [0.1, 0.15) is 11.4 Å².